The van der Waals surface area contributed by atoms with E-state index in [1.807, 2.05) is 0 Å². The van der Waals surface area contributed by atoms with Crippen molar-refractivity contribution in [2.24, 2.45) is 0 Å². The lowest BCUT2D eigenvalue weighted by Gasteiger charge is -2.16. The number of aliphatic hydroxyl groups excluding tert-OH is 1. The Kier molecular flexibility index (Phi) is 7.85. The molecule has 5 heteroatoms. The van der Waals surface area contributed by atoms with Crippen molar-refractivity contribution in [1.29, 1.82) is 0 Å². The molecule has 2 N–H and O–H groups in total. The molecule has 0 aliphatic rings. The van der Waals surface area contributed by atoms with Crippen LogP contribution in [0.25, 0.3) is 0 Å². The summed E-state index contributed by atoms with van der Waals surface area (Å²) in [6.45, 7) is 1.82. The molecule has 0 spiro atoms. The number of methoxy groups -OCH3 is 1. The fraction of sp³-hybridized carbons (Fsp3) is 0.800. The van der Waals surface area contributed by atoms with Crippen molar-refractivity contribution in [3.8, 4) is 0 Å². The maximum Gasteiger partial charge on any atom is 0.220 e. The molecule has 0 aliphatic heterocycles. The molecule has 0 aliphatic carbocycles. The number of ketones is 1. The minimum atomic E-state index is -0.181. The number of carbonyl (C=O) groups is 2. The number of Topliss-reactive ketones (excluding diaryl/α,β-unsaturated/α-hetero) is 1. The summed E-state index contributed by atoms with van der Waals surface area (Å²) in [6.07, 6.45) is 0.908. The molecule has 0 bridgehead atoms. The van der Waals surface area contributed by atoms with Gasteiger partial charge < -0.3 is 20.0 Å². The van der Waals surface area contributed by atoms with E-state index in [1.165, 1.54) is 14.0 Å². The number of hydrogen-bond acceptors (Lipinski definition) is 4. The quantitative estimate of drug-likeness (QED) is 0.594. The lowest BCUT2D eigenvalue weighted by Crippen LogP contribution is -2.38. The summed E-state index contributed by atoms with van der Waals surface area (Å²) in [7, 11) is 1.53. The summed E-state index contributed by atoms with van der Waals surface area (Å²) < 4.78 is 4.89. The van der Waals surface area contributed by atoms with Crippen LogP contribution < -0.4 is 5.32 Å². The van der Waals surface area contributed by atoms with Gasteiger partial charge in [-0.15, -0.1) is 0 Å². The molecule has 0 saturated carbocycles. The lowest BCUT2D eigenvalue weighted by molar-refractivity contribution is -0.125. The zero-order valence-electron chi connectivity index (χ0n) is 9.28. The fourth-order valence-corrected chi connectivity index (χ4v) is 1.14. The highest BCUT2D eigenvalue weighted by atomic mass is 16.5. The number of amides is 1. The van der Waals surface area contributed by atoms with Gasteiger partial charge in [-0.1, -0.05) is 0 Å². The summed E-state index contributed by atoms with van der Waals surface area (Å²) in [5, 5.41) is 11.4. The Labute approximate surface area is 89.8 Å². The van der Waals surface area contributed by atoms with Crippen molar-refractivity contribution in [3.63, 3.8) is 0 Å². The average molecular weight is 217 g/mol. The predicted molar refractivity (Wildman–Crippen MR) is 55.4 cm³/mol. The first-order valence-electron chi connectivity index (χ1n) is 4.98. The molecule has 0 rings (SSSR count). The number of nitrogens with one attached hydrogen (secondary N) is 1. The van der Waals surface area contributed by atoms with Crippen LogP contribution >= 0.6 is 0 Å². The van der Waals surface area contributed by atoms with Gasteiger partial charge in [0.15, 0.2) is 0 Å². The van der Waals surface area contributed by atoms with Gasteiger partial charge in [-0.3, -0.25) is 4.79 Å². The van der Waals surface area contributed by atoms with Gasteiger partial charge in [0.05, 0.1) is 12.6 Å². The predicted octanol–water partition coefficient (Wildman–Crippen LogP) is -0.131. The van der Waals surface area contributed by atoms with Crippen LogP contribution in [0.1, 0.15) is 26.2 Å². The molecule has 1 unspecified atom stereocenters. The van der Waals surface area contributed by atoms with E-state index >= 15 is 0 Å². The Morgan fingerprint density at radius 3 is 2.53 bits per heavy atom. The summed E-state index contributed by atoms with van der Waals surface area (Å²) in [6, 6.07) is -0.181. The van der Waals surface area contributed by atoms with Gasteiger partial charge >= 0.3 is 0 Å². The highest BCUT2D eigenvalue weighted by Crippen LogP contribution is 1.96. The Morgan fingerprint density at radius 2 is 2.07 bits per heavy atom. The standard InChI is InChI=1S/C10H19NO4/c1-8(13)3-4-10(14)11-9(5-6-12)7-15-2/h9,12H,3-7H2,1-2H3,(H,11,14). The molecule has 15 heavy (non-hydrogen) atoms. The van der Waals surface area contributed by atoms with Crippen LogP contribution in [0.3, 0.4) is 0 Å². The van der Waals surface area contributed by atoms with Crippen LogP contribution in [-0.2, 0) is 14.3 Å². The third kappa shape index (κ3) is 8.08. The zero-order valence-corrected chi connectivity index (χ0v) is 9.28. The van der Waals surface area contributed by atoms with Crippen molar-refractivity contribution >= 4 is 11.7 Å². The van der Waals surface area contributed by atoms with Gasteiger partial charge in [-0.2, -0.15) is 0 Å². The Bertz CT molecular complexity index is 200. The topological polar surface area (TPSA) is 75.6 Å². The van der Waals surface area contributed by atoms with E-state index in [9.17, 15) is 9.59 Å². The van der Waals surface area contributed by atoms with Gasteiger partial charge in [-0.25, -0.2) is 0 Å². The van der Waals surface area contributed by atoms with Crippen molar-refractivity contribution < 1.29 is 19.4 Å². The van der Waals surface area contributed by atoms with Gasteiger partial charge in [0, 0.05) is 26.6 Å². The van der Waals surface area contributed by atoms with Gasteiger partial charge in [0.25, 0.3) is 0 Å². The minimum absolute atomic E-state index is 0.00101. The summed E-state index contributed by atoms with van der Waals surface area (Å²) in [5.41, 5.74) is 0. The second kappa shape index (κ2) is 8.38. The maximum atomic E-state index is 11.3. The minimum Gasteiger partial charge on any atom is -0.396 e. The first-order valence-corrected chi connectivity index (χ1v) is 4.98. The summed E-state index contributed by atoms with van der Waals surface area (Å²) >= 11 is 0. The smallest absolute Gasteiger partial charge is 0.220 e. The van der Waals surface area contributed by atoms with E-state index in [0.29, 0.717) is 13.0 Å². The first-order chi connectivity index (χ1) is 7.10. The molecule has 0 aromatic heterocycles. The van der Waals surface area contributed by atoms with Gasteiger partial charge in [0.1, 0.15) is 5.78 Å². The number of ether oxygens (including phenoxy) is 1. The van der Waals surface area contributed by atoms with Crippen LogP contribution in [0.4, 0.5) is 0 Å². The third-order valence-electron chi connectivity index (χ3n) is 1.91. The summed E-state index contributed by atoms with van der Waals surface area (Å²) in [5.74, 6) is -0.184. The monoisotopic (exact) mass is 217 g/mol. The van der Waals surface area contributed by atoms with E-state index in [1.54, 1.807) is 0 Å². The average Bonchev–Trinajstić information content (AvgIpc) is 2.15. The summed E-state index contributed by atoms with van der Waals surface area (Å²) in [4.78, 5) is 21.9. The van der Waals surface area contributed by atoms with E-state index in [4.69, 9.17) is 9.84 Å². The molecule has 0 aromatic rings. The number of hydrogen-bond donors (Lipinski definition) is 2. The Hall–Kier alpha value is -0.940. The molecular weight excluding hydrogens is 198 g/mol. The van der Waals surface area contributed by atoms with E-state index in [2.05, 4.69) is 5.32 Å². The van der Waals surface area contributed by atoms with Crippen molar-refractivity contribution in [2.75, 3.05) is 20.3 Å². The Morgan fingerprint density at radius 1 is 1.40 bits per heavy atom. The lowest BCUT2D eigenvalue weighted by atomic mass is 10.2. The van der Waals surface area contributed by atoms with Crippen LogP contribution in [0.15, 0.2) is 0 Å². The molecule has 0 fully saturated rings. The Balaban J connectivity index is 3.82. The normalized spacial score (nSPS) is 12.2. The molecule has 88 valence electrons. The van der Waals surface area contributed by atoms with E-state index < -0.39 is 0 Å². The second-order valence-electron chi connectivity index (χ2n) is 3.43. The molecule has 1 atom stereocenters. The van der Waals surface area contributed by atoms with Crippen molar-refractivity contribution in [2.45, 2.75) is 32.2 Å². The molecule has 0 saturated heterocycles. The van der Waals surface area contributed by atoms with Crippen LogP contribution in [0.5, 0.6) is 0 Å². The molecular formula is C10H19NO4. The second-order valence-corrected chi connectivity index (χ2v) is 3.43. The largest absolute Gasteiger partial charge is 0.396 e. The van der Waals surface area contributed by atoms with Crippen molar-refractivity contribution in [3.05, 3.63) is 0 Å². The number of carbonyl (C=O) groups excluding carboxylic acids is 2. The fourth-order valence-electron chi connectivity index (χ4n) is 1.14. The molecule has 0 radical (unpaired) electrons. The molecule has 5 nitrogen and oxygen atoms in total. The molecule has 1 amide bonds. The highest BCUT2D eigenvalue weighted by molar-refractivity contribution is 5.83. The maximum absolute atomic E-state index is 11.3. The first kappa shape index (κ1) is 14.1. The number of rotatable bonds is 8. The van der Waals surface area contributed by atoms with Gasteiger partial charge in [-0.05, 0) is 13.3 Å². The van der Waals surface area contributed by atoms with E-state index in [0.717, 1.165) is 0 Å². The van der Waals surface area contributed by atoms with Crippen LogP contribution in [0, 0.1) is 0 Å². The van der Waals surface area contributed by atoms with E-state index in [-0.39, 0.29) is 37.2 Å². The van der Waals surface area contributed by atoms with Crippen LogP contribution in [0.2, 0.25) is 0 Å². The van der Waals surface area contributed by atoms with Crippen molar-refractivity contribution in [1.82, 2.24) is 5.32 Å². The highest BCUT2D eigenvalue weighted by Gasteiger charge is 2.11. The SMILES string of the molecule is COCC(CCO)NC(=O)CCC(C)=O. The van der Waals surface area contributed by atoms with Gasteiger partial charge in [0.2, 0.25) is 5.91 Å². The van der Waals surface area contributed by atoms with Crippen LogP contribution in [-0.4, -0.2) is 43.2 Å². The molecule has 0 aromatic carbocycles. The molecule has 0 heterocycles. The third-order valence-corrected chi connectivity index (χ3v) is 1.91. The number of aliphatic hydroxyl groups is 1. The zero-order chi connectivity index (χ0) is 11.7.